The topological polar surface area (TPSA) is 78.0 Å². The first kappa shape index (κ1) is 13.1. The number of amides is 1. The quantitative estimate of drug-likeness (QED) is 0.804. The van der Waals surface area contributed by atoms with E-state index in [1.54, 1.807) is 6.33 Å². The summed E-state index contributed by atoms with van der Waals surface area (Å²) < 4.78 is 0. The second-order valence-corrected chi connectivity index (χ2v) is 5.61. The lowest BCUT2D eigenvalue weighted by Crippen LogP contribution is -2.35. The zero-order chi connectivity index (χ0) is 14.0. The number of rotatable bonds is 3. The molecule has 1 aromatic heterocycles. The zero-order valence-corrected chi connectivity index (χ0v) is 11.4. The van der Waals surface area contributed by atoms with Crippen molar-refractivity contribution in [3.63, 3.8) is 0 Å². The van der Waals surface area contributed by atoms with E-state index < -0.39 is 5.60 Å². The van der Waals surface area contributed by atoms with Crippen LogP contribution in [-0.2, 0) is 4.79 Å². The number of hydrogen-bond acceptors (Lipinski definition) is 3. The predicted molar refractivity (Wildman–Crippen MR) is 77.4 cm³/mol. The summed E-state index contributed by atoms with van der Waals surface area (Å²) in [7, 11) is 0. The average Bonchev–Trinajstić information content (AvgIpc) is 2.88. The number of anilines is 1. The SMILES string of the molecule is O=C(CC1(O)CCCCC1)Nc1cccc2[nH]cnc12. The number of aromatic amines is 1. The Balaban J connectivity index is 1.71. The molecule has 0 saturated heterocycles. The van der Waals surface area contributed by atoms with Crippen molar-refractivity contribution < 1.29 is 9.90 Å². The van der Waals surface area contributed by atoms with Crippen molar-refractivity contribution in [2.75, 3.05) is 5.32 Å². The molecule has 0 atom stereocenters. The van der Waals surface area contributed by atoms with Crippen LogP contribution in [0.25, 0.3) is 11.0 Å². The van der Waals surface area contributed by atoms with Gasteiger partial charge in [0.1, 0.15) is 5.52 Å². The molecule has 106 valence electrons. The predicted octanol–water partition coefficient (Wildman–Crippen LogP) is 2.59. The van der Waals surface area contributed by atoms with Crippen molar-refractivity contribution in [3.8, 4) is 0 Å². The summed E-state index contributed by atoms with van der Waals surface area (Å²) in [5, 5.41) is 13.3. The molecule has 3 N–H and O–H groups in total. The van der Waals surface area contributed by atoms with Gasteiger partial charge in [0.25, 0.3) is 0 Å². The largest absolute Gasteiger partial charge is 0.389 e. The maximum Gasteiger partial charge on any atom is 0.227 e. The number of para-hydroxylation sites is 1. The summed E-state index contributed by atoms with van der Waals surface area (Å²) in [6.07, 6.45) is 6.34. The van der Waals surface area contributed by atoms with E-state index in [1.165, 1.54) is 0 Å². The maximum atomic E-state index is 12.1. The van der Waals surface area contributed by atoms with Gasteiger partial charge in [0.2, 0.25) is 5.91 Å². The number of carbonyl (C=O) groups is 1. The molecule has 1 saturated carbocycles. The Morgan fingerprint density at radius 2 is 2.15 bits per heavy atom. The lowest BCUT2D eigenvalue weighted by atomic mass is 9.82. The van der Waals surface area contributed by atoms with Gasteiger partial charge in [-0.3, -0.25) is 4.79 Å². The fourth-order valence-electron chi connectivity index (χ4n) is 2.95. The number of nitrogens with one attached hydrogen (secondary N) is 2. The molecule has 20 heavy (non-hydrogen) atoms. The summed E-state index contributed by atoms with van der Waals surface area (Å²) in [6.45, 7) is 0. The van der Waals surface area contributed by atoms with Gasteiger partial charge in [-0.05, 0) is 25.0 Å². The third kappa shape index (κ3) is 2.67. The Morgan fingerprint density at radius 1 is 1.35 bits per heavy atom. The van der Waals surface area contributed by atoms with Gasteiger partial charge >= 0.3 is 0 Å². The second-order valence-electron chi connectivity index (χ2n) is 5.61. The molecule has 1 aliphatic carbocycles. The Bertz CT molecular complexity index is 614. The second kappa shape index (κ2) is 5.25. The van der Waals surface area contributed by atoms with E-state index in [0.717, 1.165) is 30.3 Å². The van der Waals surface area contributed by atoms with E-state index in [0.29, 0.717) is 18.5 Å². The minimum absolute atomic E-state index is 0.148. The molecule has 3 rings (SSSR count). The van der Waals surface area contributed by atoms with E-state index in [-0.39, 0.29) is 12.3 Å². The highest BCUT2D eigenvalue weighted by atomic mass is 16.3. The van der Waals surface area contributed by atoms with Gasteiger partial charge in [0, 0.05) is 0 Å². The van der Waals surface area contributed by atoms with Crippen molar-refractivity contribution in [3.05, 3.63) is 24.5 Å². The highest BCUT2D eigenvalue weighted by molar-refractivity contribution is 5.99. The van der Waals surface area contributed by atoms with Crippen LogP contribution in [0, 0.1) is 0 Å². The van der Waals surface area contributed by atoms with Crippen molar-refractivity contribution in [1.29, 1.82) is 0 Å². The normalized spacial score (nSPS) is 18.1. The zero-order valence-electron chi connectivity index (χ0n) is 11.4. The Hall–Kier alpha value is -1.88. The van der Waals surface area contributed by atoms with Crippen LogP contribution in [0.4, 0.5) is 5.69 Å². The smallest absolute Gasteiger partial charge is 0.227 e. The average molecular weight is 273 g/mol. The molecule has 2 aromatic rings. The number of imidazole rings is 1. The Kier molecular flexibility index (Phi) is 3.44. The molecule has 5 nitrogen and oxygen atoms in total. The van der Waals surface area contributed by atoms with Crippen LogP contribution in [0.15, 0.2) is 24.5 Å². The molecule has 0 bridgehead atoms. The van der Waals surface area contributed by atoms with E-state index in [4.69, 9.17) is 0 Å². The van der Waals surface area contributed by atoms with Crippen LogP contribution in [0.3, 0.4) is 0 Å². The summed E-state index contributed by atoms with van der Waals surface area (Å²) in [5.41, 5.74) is 1.49. The van der Waals surface area contributed by atoms with Crippen molar-refractivity contribution in [2.45, 2.75) is 44.1 Å². The van der Waals surface area contributed by atoms with Gasteiger partial charge < -0.3 is 15.4 Å². The molecule has 1 amide bonds. The first-order valence-corrected chi connectivity index (χ1v) is 7.11. The van der Waals surface area contributed by atoms with Crippen LogP contribution >= 0.6 is 0 Å². The fraction of sp³-hybridized carbons (Fsp3) is 0.467. The number of hydrogen-bond donors (Lipinski definition) is 3. The number of H-pyrrole nitrogens is 1. The van der Waals surface area contributed by atoms with Crippen LogP contribution in [0.5, 0.6) is 0 Å². The Labute approximate surface area is 117 Å². The van der Waals surface area contributed by atoms with Crippen molar-refractivity contribution >= 4 is 22.6 Å². The van der Waals surface area contributed by atoms with E-state index in [9.17, 15) is 9.90 Å². The highest BCUT2D eigenvalue weighted by Gasteiger charge is 2.31. The van der Waals surface area contributed by atoms with Gasteiger partial charge in [0.15, 0.2) is 0 Å². The highest BCUT2D eigenvalue weighted by Crippen LogP contribution is 2.31. The van der Waals surface area contributed by atoms with Crippen LogP contribution in [0.2, 0.25) is 0 Å². The summed E-state index contributed by atoms with van der Waals surface area (Å²) in [6, 6.07) is 5.60. The number of aromatic nitrogens is 2. The minimum Gasteiger partial charge on any atom is -0.389 e. The lowest BCUT2D eigenvalue weighted by Gasteiger charge is -2.31. The molecule has 1 heterocycles. The number of nitrogens with zero attached hydrogens (tertiary/aromatic N) is 1. The third-order valence-electron chi connectivity index (χ3n) is 4.00. The monoisotopic (exact) mass is 273 g/mol. The number of aliphatic hydroxyl groups is 1. The fourth-order valence-corrected chi connectivity index (χ4v) is 2.95. The van der Waals surface area contributed by atoms with Gasteiger partial charge in [-0.25, -0.2) is 4.98 Å². The number of fused-ring (bicyclic) bond motifs is 1. The molecule has 0 radical (unpaired) electrons. The molecule has 0 unspecified atom stereocenters. The molecule has 1 fully saturated rings. The number of benzene rings is 1. The standard InChI is InChI=1S/C15H19N3O2/c19-13(9-15(20)7-2-1-3-8-15)18-12-6-4-5-11-14(12)17-10-16-11/h4-6,10,20H,1-3,7-9H2,(H,16,17)(H,18,19). The molecular weight excluding hydrogens is 254 g/mol. The maximum absolute atomic E-state index is 12.1. The van der Waals surface area contributed by atoms with Crippen LogP contribution in [-0.4, -0.2) is 26.6 Å². The van der Waals surface area contributed by atoms with Crippen molar-refractivity contribution in [2.24, 2.45) is 0 Å². The molecule has 1 aromatic carbocycles. The van der Waals surface area contributed by atoms with Gasteiger partial charge in [-0.2, -0.15) is 0 Å². The molecule has 5 heteroatoms. The first-order chi connectivity index (χ1) is 9.66. The summed E-state index contributed by atoms with van der Waals surface area (Å²) in [4.78, 5) is 19.4. The minimum atomic E-state index is -0.832. The van der Waals surface area contributed by atoms with Crippen LogP contribution < -0.4 is 5.32 Å². The van der Waals surface area contributed by atoms with E-state index in [2.05, 4.69) is 15.3 Å². The first-order valence-electron chi connectivity index (χ1n) is 7.11. The van der Waals surface area contributed by atoms with Crippen molar-refractivity contribution in [1.82, 2.24) is 9.97 Å². The summed E-state index contributed by atoms with van der Waals surface area (Å²) in [5.74, 6) is -0.148. The van der Waals surface area contributed by atoms with Gasteiger partial charge in [-0.1, -0.05) is 25.3 Å². The van der Waals surface area contributed by atoms with Crippen LogP contribution in [0.1, 0.15) is 38.5 Å². The Morgan fingerprint density at radius 3 is 2.95 bits per heavy atom. The molecule has 0 spiro atoms. The van der Waals surface area contributed by atoms with Gasteiger partial charge in [-0.15, -0.1) is 0 Å². The molecule has 1 aliphatic rings. The van der Waals surface area contributed by atoms with Gasteiger partial charge in [0.05, 0.1) is 29.6 Å². The number of carbonyl (C=O) groups excluding carboxylic acids is 1. The molecule has 0 aliphatic heterocycles. The van der Waals surface area contributed by atoms with E-state index in [1.807, 2.05) is 18.2 Å². The lowest BCUT2D eigenvalue weighted by molar-refractivity contribution is -0.122. The summed E-state index contributed by atoms with van der Waals surface area (Å²) >= 11 is 0. The third-order valence-corrected chi connectivity index (χ3v) is 4.00. The van der Waals surface area contributed by atoms with E-state index >= 15 is 0 Å². The molecular formula is C15H19N3O2.